The Balaban J connectivity index is 1.52. The minimum absolute atomic E-state index is 0.105. The monoisotopic (exact) mass is 364 g/mol. The fourth-order valence-electron chi connectivity index (χ4n) is 4.74. The van der Waals surface area contributed by atoms with E-state index in [1.165, 1.54) is 11.3 Å². The number of hydrogen-bond acceptors (Lipinski definition) is 5. The molecule has 2 bridgehead atoms. The Hall–Kier alpha value is -1.50. The van der Waals surface area contributed by atoms with Crippen molar-refractivity contribution in [2.75, 3.05) is 11.9 Å². The topological polar surface area (TPSA) is 75.2 Å². The van der Waals surface area contributed by atoms with Crippen molar-refractivity contribution in [2.24, 2.45) is 10.8 Å². The zero-order valence-electron chi connectivity index (χ0n) is 15.6. The number of nitrogens with zero attached hydrogens (tertiary/aromatic N) is 3. The van der Waals surface area contributed by atoms with Gasteiger partial charge in [0.05, 0.1) is 0 Å². The summed E-state index contributed by atoms with van der Waals surface area (Å²) in [6, 6.07) is 0.333. The summed E-state index contributed by atoms with van der Waals surface area (Å²) >= 11 is 1.38. The number of aromatic nitrogens is 2. The maximum absolute atomic E-state index is 12.7. The number of carbonyl (C=O) groups excluding carboxylic acids is 2. The Kier molecular flexibility index (Phi) is 4.88. The molecule has 0 aromatic carbocycles. The van der Waals surface area contributed by atoms with Crippen molar-refractivity contribution in [3.8, 4) is 0 Å². The van der Waals surface area contributed by atoms with E-state index in [0.29, 0.717) is 16.6 Å². The number of amides is 2. The molecule has 25 heavy (non-hydrogen) atoms. The van der Waals surface area contributed by atoms with Crippen LogP contribution < -0.4 is 5.32 Å². The molecule has 2 aliphatic rings. The van der Waals surface area contributed by atoms with E-state index in [4.69, 9.17) is 0 Å². The smallest absolute Gasteiger partial charge is 0.226 e. The first-order valence-electron chi connectivity index (χ1n) is 9.11. The number of rotatable bonds is 5. The van der Waals surface area contributed by atoms with Crippen molar-refractivity contribution in [3.05, 3.63) is 5.01 Å². The third kappa shape index (κ3) is 4.19. The molecule has 3 rings (SSSR count). The van der Waals surface area contributed by atoms with E-state index in [-0.39, 0.29) is 30.1 Å². The Bertz CT molecular complexity index is 672. The van der Waals surface area contributed by atoms with Crippen LogP contribution in [0.4, 0.5) is 5.13 Å². The normalized spacial score (nSPS) is 27.4. The molecule has 1 aromatic rings. The second-order valence-corrected chi connectivity index (χ2v) is 9.70. The molecule has 2 fully saturated rings. The molecular weight excluding hydrogens is 336 g/mol. The standard InChI is InChI=1S/C18H28N4O2S/c1-5-14-20-21-16(25-14)19-13(23)6-7-15(24)22-11-18(4)9-12(22)8-17(2,3)10-18/h12H,5-11H2,1-4H3,(H,19,21,23)/t12-,18+/m0/s1. The maximum Gasteiger partial charge on any atom is 0.226 e. The van der Waals surface area contributed by atoms with E-state index in [0.717, 1.165) is 37.2 Å². The van der Waals surface area contributed by atoms with Crippen LogP contribution in [0.5, 0.6) is 0 Å². The highest BCUT2D eigenvalue weighted by Gasteiger charge is 2.50. The number of carbonyl (C=O) groups is 2. The van der Waals surface area contributed by atoms with Crippen molar-refractivity contribution < 1.29 is 9.59 Å². The van der Waals surface area contributed by atoms with Crippen molar-refractivity contribution in [2.45, 2.75) is 72.3 Å². The van der Waals surface area contributed by atoms with Crippen LogP contribution in [0.3, 0.4) is 0 Å². The van der Waals surface area contributed by atoms with Crippen LogP contribution in [0.1, 0.15) is 64.8 Å². The first kappa shape index (κ1) is 18.3. The summed E-state index contributed by atoms with van der Waals surface area (Å²) in [6.07, 6.45) is 4.58. The number of aryl methyl sites for hydroxylation is 1. The van der Waals surface area contributed by atoms with Crippen LogP contribution in [0, 0.1) is 10.8 Å². The summed E-state index contributed by atoms with van der Waals surface area (Å²) in [7, 11) is 0. The Morgan fingerprint density at radius 3 is 2.68 bits per heavy atom. The number of hydrogen-bond donors (Lipinski definition) is 1. The van der Waals surface area contributed by atoms with E-state index in [1.54, 1.807) is 0 Å². The molecule has 0 spiro atoms. The van der Waals surface area contributed by atoms with Gasteiger partial charge >= 0.3 is 0 Å². The van der Waals surface area contributed by atoms with Crippen molar-refractivity contribution >= 4 is 28.3 Å². The molecule has 2 amide bonds. The van der Waals surface area contributed by atoms with Crippen molar-refractivity contribution in [1.82, 2.24) is 15.1 Å². The average molecular weight is 365 g/mol. The predicted octanol–water partition coefficient (Wildman–Crippen LogP) is 3.25. The van der Waals surface area contributed by atoms with Gasteiger partial charge in [0, 0.05) is 25.4 Å². The molecule has 1 aromatic heterocycles. The number of anilines is 1. The van der Waals surface area contributed by atoms with E-state index in [1.807, 2.05) is 11.8 Å². The average Bonchev–Trinajstić information content (AvgIpc) is 3.05. The lowest BCUT2D eigenvalue weighted by molar-refractivity contribution is -0.133. The van der Waals surface area contributed by atoms with Crippen LogP contribution in [0.15, 0.2) is 0 Å². The van der Waals surface area contributed by atoms with Gasteiger partial charge in [-0.3, -0.25) is 9.59 Å². The number of likely N-dealkylation sites (tertiary alicyclic amines) is 1. The number of fused-ring (bicyclic) bond motifs is 2. The van der Waals surface area contributed by atoms with Gasteiger partial charge < -0.3 is 10.2 Å². The van der Waals surface area contributed by atoms with E-state index >= 15 is 0 Å². The highest BCUT2D eigenvalue weighted by atomic mass is 32.1. The van der Waals surface area contributed by atoms with E-state index < -0.39 is 0 Å². The van der Waals surface area contributed by atoms with Gasteiger partial charge in [-0.05, 0) is 36.5 Å². The third-order valence-corrected chi connectivity index (χ3v) is 6.30. The molecule has 1 aliphatic carbocycles. The first-order chi connectivity index (χ1) is 11.7. The number of nitrogens with one attached hydrogen (secondary N) is 1. The van der Waals surface area contributed by atoms with Gasteiger partial charge in [0.2, 0.25) is 16.9 Å². The van der Waals surface area contributed by atoms with Gasteiger partial charge in [0.15, 0.2) is 0 Å². The van der Waals surface area contributed by atoms with Gasteiger partial charge in [0.25, 0.3) is 0 Å². The molecule has 1 N–H and O–H groups in total. The molecule has 6 nitrogen and oxygen atoms in total. The lowest BCUT2D eigenvalue weighted by Crippen LogP contribution is -2.38. The van der Waals surface area contributed by atoms with Crippen LogP contribution in [0.2, 0.25) is 0 Å². The maximum atomic E-state index is 12.7. The van der Waals surface area contributed by atoms with Gasteiger partial charge in [0.1, 0.15) is 5.01 Å². The molecule has 1 aliphatic heterocycles. The molecule has 0 radical (unpaired) electrons. The minimum Gasteiger partial charge on any atom is -0.339 e. The molecule has 7 heteroatoms. The third-order valence-electron chi connectivity index (χ3n) is 5.32. The molecule has 2 heterocycles. The lowest BCUT2D eigenvalue weighted by atomic mass is 9.65. The van der Waals surface area contributed by atoms with Gasteiger partial charge in [-0.25, -0.2) is 0 Å². The summed E-state index contributed by atoms with van der Waals surface area (Å²) in [5.74, 6) is -0.0612. The Morgan fingerprint density at radius 2 is 2.00 bits per heavy atom. The lowest BCUT2D eigenvalue weighted by Gasteiger charge is -2.39. The SMILES string of the molecule is CCc1nnc(NC(=O)CCC(=O)N2C[C@]3(C)C[C@@H]2CC(C)(C)C3)s1. The van der Waals surface area contributed by atoms with Gasteiger partial charge in [-0.15, -0.1) is 10.2 Å². The molecule has 1 saturated carbocycles. The highest BCUT2D eigenvalue weighted by Crippen LogP contribution is 2.52. The van der Waals surface area contributed by atoms with Crippen LogP contribution in [-0.4, -0.2) is 39.5 Å². The molecular formula is C18H28N4O2S. The summed E-state index contributed by atoms with van der Waals surface area (Å²) in [6.45, 7) is 9.72. The van der Waals surface area contributed by atoms with Crippen LogP contribution in [-0.2, 0) is 16.0 Å². The summed E-state index contributed by atoms with van der Waals surface area (Å²) in [5, 5.41) is 12.1. The highest BCUT2D eigenvalue weighted by molar-refractivity contribution is 7.15. The Labute approximate surface area is 153 Å². The molecule has 138 valence electrons. The zero-order chi connectivity index (χ0) is 18.2. The zero-order valence-corrected chi connectivity index (χ0v) is 16.4. The van der Waals surface area contributed by atoms with Crippen molar-refractivity contribution in [1.29, 1.82) is 0 Å². The van der Waals surface area contributed by atoms with Crippen molar-refractivity contribution in [3.63, 3.8) is 0 Å². The van der Waals surface area contributed by atoms with E-state index in [9.17, 15) is 9.59 Å². The fraction of sp³-hybridized carbons (Fsp3) is 0.778. The molecule has 1 saturated heterocycles. The Morgan fingerprint density at radius 1 is 1.24 bits per heavy atom. The van der Waals surface area contributed by atoms with E-state index in [2.05, 4.69) is 36.3 Å². The predicted molar refractivity (Wildman–Crippen MR) is 98.4 cm³/mol. The summed E-state index contributed by atoms with van der Waals surface area (Å²) in [5.41, 5.74) is 0.520. The van der Waals surface area contributed by atoms with Gasteiger partial charge in [-0.2, -0.15) is 0 Å². The van der Waals surface area contributed by atoms with Crippen LogP contribution in [0.25, 0.3) is 0 Å². The van der Waals surface area contributed by atoms with Crippen LogP contribution >= 0.6 is 11.3 Å². The van der Waals surface area contributed by atoms with Gasteiger partial charge in [-0.1, -0.05) is 39.0 Å². The molecule has 0 unspecified atom stereocenters. The second-order valence-electron chi connectivity index (χ2n) is 8.64. The minimum atomic E-state index is -0.166. The first-order valence-corrected chi connectivity index (χ1v) is 9.93. The molecule has 2 atom stereocenters. The summed E-state index contributed by atoms with van der Waals surface area (Å²) < 4.78 is 0. The largest absolute Gasteiger partial charge is 0.339 e. The second kappa shape index (κ2) is 6.67. The summed E-state index contributed by atoms with van der Waals surface area (Å²) in [4.78, 5) is 26.8. The fourth-order valence-corrected chi connectivity index (χ4v) is 5.44. The quantitative estimate of drug-likeness (QED) is 0.870.